The van der Waals surface area contributed by atoms with Crippen LogP contribution < -0.4 is 0 Å². The first-order valence-electron chi connectivity index (χ1n) is 10.8. The van der Waals surface area contributed by atoms with Crippen LogP contribution in [0.1, 0.15) is 52.7 Å². The first kappa shape index (κ1) is 23.1. The molecular formula is C24H28F3N3OS. The number of amides is 1. The smallest absolute Gasteiger partial charge is 0.338 e. The summed E-state index contributed by atoms with van der Waals surface area (Å²) in [5.41, 5.74) is 0.0446. The Hall–Kier alpha value is -2.09. The molecule has 0 unspecified atom stereocenters. The fraction of sp³-hybridized carbons (Fsp3) is 0.542. The van der Waals surface area contributed by atoms with Crippen molar-refractivity contribution >= 4 is 17.7 Å². The Morgan fingerprint density at radius 3 is 2.50 bits per heavy atom. The van der Waals surface area contributed by atoms with Crippen LogP contribution in [0.5, 0.6) is 0 Å². The molecule has 4 nitrogen and oxygen atoms in total. The highest BCUT2D eigenvalue weighted by molar-refractivity contribution is 8.00. The summed E-state index contributed by atoms with van der Waals surface area (Å²) < 4.78 is 40.5. The lowest BCUT2D eigenvalue weighted by Gasteiger charge is -2.39. The summed E-state index contributed by atoms with van der Waals surface area (Å²) in [6.45, 7) is 9.14. The monoisotopic (exact) mass is 463 g/mol. The van der Waals surface area contributed by atoms with E-state index in [1.54, 1.807) is 37.3 Å². The van der Waals surface area contributed by atoms with Crippen molar-refractivity contribution in [3.05, 3.63) is 42.1 Å². The molecule has 1 saturated heterocycles. The predicted octanol–water partition coefficient (Wildman–Crippen LogP) is 6.07. The number of rotatable bonds is 4. The van der Waals surface area contributed by atoms with Crippen molar-refractivity contribution in [3.8, 4) is 11.3 Å². The van der Waals surface area contributed by atoms with Gasteiger partial charge in [-0.1, -0.05) is 62.9 Å². The lowest BCUT2D eigenvalue weighted by atomic mass is 9.65. The highest BCUT2D eigenvalue weighted by Gasteiger charge is 2.51. The van der Waals surface area contributed by atoms with Gasteiger partial charge in [0.15, 0.2) is 5.16 Å². The molecule has 0 radical (unpaired) electrons. The third-order valence-corrected chi connectivity index (χ3v) is 7.34. The average Bonchev–Trinajstić information content (AvgIpc) is 2.95. The molecule has 1 amide bonds. The zero-order chi connectivity index (χ0) is 23.3. The van der Waals surface area contributed by atoms with E-state index in [0.29, 0.717) is 12.1 Å². The molecule has 3 atom stereocenters. The zero-order valence-corrected chi connectivity index (χ0v) is 19.6. The zero-order valence-electron chi connectivity index (χ0n) is 18.7. The SMILES string of the molecule is C[C@H](Sc1nc(-c2ccccc2)cc(C(F)(F)F)n1)C(=O)N1C[C@]2(C)C[C@@H]1CC(C)(C)C2. The second-order valence-electron chi connectivity index (χ2n) is 10.2. The molecule has 1 aliphatic carbocycles. The quantitative estimate of drug-likeness (QED) is 0.408. The largest absolute Gasteiger partial charge is 0.433 e. The van der Waals surface area contributed by atoms with Crippen LogP contribution in [0.25, 0.3) is 11.3 Å². The second-order valence-corrected chi connectivity index (χ2v) is 11.5. The molecule has 2 aromatic rings. The summed E-state index contributed by atoms with van der Waals surface area (Å²) in [6.07, 6.45) is -1.60. The first-order chi connectivity index (χ1) is 14.9. The van der Waals surface area contributed by atoms with Gasteiger partial charge in [0, 0.05) is 18.2 Å². The number of benzene rings is 1. The van der Waals surface area contributed by atoms with Crippen molar-refractivity contribution in [3.63, 3.8) is 0 Å². The molecule has 1 aliphatic heterocycles. The van der Waals surface area contributed by atoms with Gasteiger partial charge in [0.25, 0.3) is 0 Å². The Labute approximate surface area is 191 Å². The highest BCUT2D eigenvalue weighted by Crippen LogP contribution is 2.52. The van der Waals surface area contributed by atoms with Gasteiger partial charge < -0.3 is 4.90 Å². The summed E-state index contributed by atoms with van der Waals surface area (Å²) in [7, 11) is 0. The molecule has 2 fully saturated rings. The number of hydrogen-bond acceptors (Lipinski definition) is 4. The molecule has 8 heteroatoms. The molecule has 0 N–H and O–H groups in total. The summed E-state index contributed by atoms with van der Waals surface area (Å²) in [4.78, 5) is 23.3. The Bertz CT molecular complexity index is 1010. The van der Waals surface area contributed by atoms with Crippen LogP contribution in [-0.2, 0) is 11.0 Å². The van der Waals surface area contributed by atoms with E-state index < -0.39 is 17.1 Å². The Morgan fingerprint density at radius 1 is 1.16 bits per heavy atom. The van der Waals surface area contributed by atoms with Gasteiger partial charge in [-0.3, -0.25) is 4.79 Å². The van der Waals surface area contributed by atoms with Crippen LogP contribution in [0.15, 0.2) is 41.6 Å². The van der Waals surface area contributed by atoms with Crippen molar-refractivity contribution in [1.82, 2.24) is 14.9 Å². The first-order valence-corrected chi connectivity index (χ1v) is 11.7. The minimum Gasteiger partial charge on any atom is -0.338 e. The Kier molecular flexibility index (Phi) is 5.80. The third kappa shape index (κ3) is 4.80. The van der Waals surface area contributed by atoms with Crippen LogP contribution in [0.3, 0.4) is 0 Å². The van der Waals surface area contributed by atoms with E-state index in [1.165, 1.54) is 0 Å². The Morgan fingerprint density at radius 2 is 1.84 bits per heavy atom. The predicted molar refractivity (Wildman–Crippen MR) is 119 cm³/mol. The van der Waals surface area contributed by atoms with E-state index in [9.17, 15) is 18.0 Å². The minimum absolute atomic E-state index is 0.0340. The van der Waals surface area contributed by atoms with E-state index in [-0.39, 0.29) is 33.6 Å². The summed E-state index contributed by atoms with van der Waals surface area (Å²) in [5.74, 6) is -0.0521. The standard InChI is InChI=1S/C24H28F3N3OS/c1-15(20(31)30-14-23(4)12-17(30)11-22(2,3)13-23)32-21-28-18(16-8-6-5-7-9-16)10-19(29-21)24(25,26)27/h5-10,15,17H,11-14H2,1-4H3/t15-,17-,23+/m0/s1. The van der Waals surface area contributed by atoms with Crippen molar-refractivity contribution in [2.24, 2.45) is 10.8 Å². The number of hydrogen-bond donors (Lipinski definition) is 0. The van der Waals surface area contributed by atoms with Gasteiger partial charge in [0.2, 0.25) is 5.91 Å². The van der Waals surface area contributed by atoms with Crippen molar-refractivity contribution in [2.45, 2.75) is 69.6 Å². The van der Waals surface area contributed by atoms with Crippen LogP contribution in [0.2, 0.25) is 0 Å². The van der Waals surface area contributed by atoms with Gasteiger partial charge in [-0.25, -0.2) is 9.97 Å². The summed E-state index contributed by atoms with van der Waals surface area (Å²) in [5, 5.41) is -0.610. The fourth-order valence-electron chi connectivity index (χ4n) is 5.54. The Balaban J connectivity index is 1.58. The molecule has 1 aromatic heterocycles. The van der Waals surface area contributed by atoms with Gasteiger partial charge in [-0.05, 0) is 43.1 Å². The maximum Gasteiger partial charge on any atom is 0.433 e. The number of aromatic nitrogens is 2. The van der Waals surface area contributed by atoms with Crippen LogP contribution in [-0.4, -0.2) is 38.6 Å². The van der Waals surface area contributed by atoms with E-state index in [2.05, 4.69) is 30.7 Å². The van der Waals surface area contributed by atoms with E-state index >= 15 is 0 Å². The molecule has 2 aliphatic rings. The maximum absolute atomic E-state index is 13.5. The molecule has 1 saturated carbocycles. The van der Waals surface area contributed by atoms with Gasteiger partial charge in [0.1, 0.15) is 5.69 Å². The number of alkyl halides is 3. The van der Waals surface area contributed by atoms with Crippen molar-refractivity contribution in [2.75, 3.05) is 6.54 Å². The number of fused-ring (bicyclic) bond motifs is 2. The van der Waals surface area contributed by atoms with E-state index in [0.717, 1.165) is 37.1 Å². The number of thioether (sulfide) groups is 1. The van der Waals surface area contributed by atoms with E-state index in [1.807, 2.05) is 4.90 Å². The maximum atomic E-state index is 13.5. The molecule has 4 rings (SSSR count). The molecular weight excluding hydrogens is 435 g/mol. The van der Waals surface area contributed by atoms with Gasteiger partial charge in [-0.15, -0.1) is 0 Å². The van der Waals surface area contributed by atoms with Gasteiger partial charge in [0.05, 0.1) is 10.9 Å². The topological polar surface area (TPSA) is 46.1 Å². The van der Waals surface area contributed by atoms with Gasteiger partial charge in [-0.2, -0.15) is 13.2 Å². The second kappa shape index (κ2) is 8.04. The molecule has 2 bridgehead atoms. The number of carbonyl (C=O) groups is 1. The van der Waals surface area contributed by atoms with Crippen LogP contribution >= 0.6 is 11.8 Å². The highest BCUT2D eigenvalue weighted by atomic mass is 32.2. The van der Waals surface area contributed by atoms with Crippen LogP contribution in [0.4, 0.5) is 13.2 Å². The number of likely N-dealkylation sites (tertiary alicyclic amines) is 1. The molecule has 0 spiro atoms. The van der Waals surface area contributed by atoms with Crippen LogP contribution in [0, 0.1) is 10.8 Å². The average molecular weight is 464 g/mol. The van der Waals surface area contributed by atoms with Crippen molar-refractivity contribution in [1.29, 1.82) is 0 Å². The van der Waals surface area contributed by atoms with Gasteiger partial charge >= 0.3 is 6.18 Å². The number of halogens is 3. The normalized spacial score (nSPS) is 25.6. The number of carbonyl (C=O) groups excluding carboxylic acids is 1. The number of nitrogens with zero attached hydrogens (tertiary/aromatic N) is 3. The lowest BCUT2D eigenvalue weighted by molar-refractivity contribution is -0.141. The minimum atomic E-state index is -4.60. The van der Waals surface area contributed by atoms with E-state index in [4.69, 9.17) is 0 Å². The summed E-state index contributed by atoms with van der Waals surface area (Å²) in [6, 6.07) is 9.84. The summed E-state index contributed by atoms with van der Waals surface area (Å²) >= 11 is 0.997. The molecule has 2 heterocycles. The fourth-order valence-corrected chi connectivity index (χ4v) is 6.39. The lowest BCUT2D eigenvalue weighted by Crippen LogP contribution is -2.41. The van der Waals surface area contributed by atoms with Crippen molar-refractivity contribution < 1.29 is 18.0 Å². The molecule has 1 aromatic carbocycles. The third-order valence-electron chi connectivity index (χ3n) is 6.39. The molecule has 172 valence electrons. The molecule has 32 heavy (non-hydrogen) atoms.